The van der Waals surface area contributed by atoms with Crippen LogP contribution < -0.4 is 9.64 Å². The fraction of sp³-hybridized carbons (Fsp3) is 0.0182. The Morgan fingerprint density at radius 3 is 1.54 bits per heavy atom. The predicted molar refractivity (Wildman–Crippen MR) is 236 cm³/mol. The molecule has 0 saturated carbocycles. The summed E-state index contributed by atoms with van der Waals surface area (Å²) >= 11 is 0. The van der Waals surface area contributed by atoms with Gasteiger partial charge in [-0.05, 0) is 68.2 Å². The van der Waals surface area contributed by atoms with Crippen LogP contribution in [0.1, 0.15) is 22.3 Å². The molecule has 1 aliphatic heterocycles. The second-order valence-corrected chi connectivity index (χ2v) is 15.2. The summed E-state index contributed by atoms with van der Waals surface area (Å²) in [4.78, 5) is 2.48. The Kier molecular flexibility index (Phi) is 6.88. The highest BCUT2D eigenvalue weighted by Crippen LogP contribution is 2.65. The first kappa shape index (κ1) is 31.9. The number of fused-ring (bicyclic) bond motifs is 14. The molecule has 0 aromatic heterocycles. The molecule has 0 radical (unpaired) electrons. The third kappa shape index (κ3) is 4.53. The summed E-state index contributed by atoms with van der Waals surface area (Å²) in [5, 5.41) is 6.96. The van der Waals surface area contributed by atoms with Crippen molar-refractivity contribution in [1.29, 1.82) is 0 Å². The lowest BCUT2D eigenvalue weighted by atomic mass is 9.65. The second kappa shape index (κ2) is 12.3. The van der Waals surface area contributed by atoms with Gasteiger partial charge in [-0.2, -0.15) is 0 Å². The smallest absolute Gasteiger partial charge is 0.140 e. The van der Waals surface area contributed by atoms with E-state index in [-0.39, 0.29) is 0 Å². The first-order valence-electron chi connectivity index (χ1n) is 19.7. The van der Waals surface area contributed by atoms with Gasteiger partial charge in [-0.15, -0.1) is 0 Å². The van der Waals surface area contributed by atoms with Gasteiger partial charge in [0.15, 0.2) is 0 Å². The van der Waals surface area contributed by atoms with Gasteiger partial charge >= 0.3 is 0 Å². The van der Waals surface area contributed by atoms with E-state index in [0.717, 1.165) is 61.2 Å². The maximum atomic E-state index is 7.22. The van der Waals surface area contributed by atoms with Gasteiger partial charge in [0.05, 0.1) is 16.8 Å². The van der Waals surface area contributed by atoms with E-state index in [0.29, 0.717) is 0 Å². The maximum absolute atomic E-state index is 7.22. The van der Waals surface area contributed by atoms with Gasteiger partial charge < -0.3 is 9.64 Å². The van der Waals surface area contributed by atoms with Crippen molar-refractivity contribution in [3.05, 3.63) is 235 Å². The van der Waals surface area contributed by atoms with Crippen LogP contribution in [0.5, 0.6) is 11.5 Å². The Hall–Kier alpha value is -7.42. The van der Waals surface area contributed by atoms with Crippen molar-refractivity contribution in [2.45, 2.75) is 5.41 Å². The average molecular weight is 726 g/mol. The molecule has 0 bridgehead atoms. The molecule has 1 aliphatic carbocycles. The highest BCUT2D eigenvalue weighted by atomic mass is 16.5. The molecule has 2 heteroatoms. The number of benzene rings is 10. The molecule has 10 aromatic rings. The summed E-state index contributed by atoms with van der Waals surface area (Å²) in [7, 11) is 0. The van der Waals surface area contributed by atoms with Crippen LogP contribution >= 0.6 is 0 Å². The van der Waals surface area contributed by atoms with E-state index in [1.165, 1.54) is 44.2 Å². The largest absolute Gasteiger partial charge is 0.455 e. The van der Waals surface area contributed by atoms with Crippen LogP contribution in [-0.2, 0) is 5.41 Å². The minimum absolute atomic E-state index is 0.638. The van der Waals surface area contributed by atoms with Crippen molar-refractivity contribution in [2.75, 3.05) is 4.90 Å². The zero-order valence-electron chi connectivity index (χ0n) is 31.1. The molecule has 1 heterocycles. The molecule has 2 nitrogen and oxygen atoms in total. The van der Waals surface area contributed by atoms with Gasteiger partial charge in [0.25, 0.3) is 0 Å². The minimum atomic E-state index is -0.638. The lowest BCUT2D eigenvalue weighted by Gasteiger charge is -2.40. The van der Waals surface area contributed by atoms with Crippen molar-refractivity contribution in [3.63, 3.8) is 0 Å². The number of ether oxygens (including phenoxy) is 1. The van der Waals surface area contributed by atoms with Gasteiger partial charge in [-0.1, -0.05) is 188 Å². The van der Waals surface area contributed by atoms with Crippen molar-refractivity contribution in [1.82, 2.24) is 0 Å². The first-order chi connectivity index (χ1) is 28.3. The highest BCUT2D eigenvalue weighted by Gasteiger charge is 2.52. The normalized spacial score (nSPS) is 13.2. The average Bonchev–Trinajstić information content (AvgIpc) is 3.58. The van der Waals surface area contributed by atoms with Crippen molar-refractivity contribution < 1.29 is 4.74 Å². The minimum Gasteiger partial charge on any atom is -0.455 e. The second-order valence-electron chi connectivity index (χ2n) is 15.2. The molecule has 2 aliphatic rings. The topological polar surface area (TPSA) is 12.5 Å². The summed E-state index contributed by atoms with van der Waals surface area (Å²) in [5.41, 5.74) is 12.4. The Morgan fingerprint density at radius 2 is 0.842 bits per heavy atom. The Bertz CT molecular complexity index is 3130. The van der Waals surface area contributed by atoms with Gasteiger partial charge in [0, 0.05) is 38.5 Å². The third-order valence-corrected chi connectivity index (χ3v) is 12.3. The molecule has 57 heavy (non-hydrogen) atoms. The Balaban J connectivity index is 1.19. The zero-order chi connectivity index (χ0) is 37.5. The quantitative estimate of drug-likeness (QED) is 0.179. The van der Waals surface area contributed by atoms with Crippen molar-refractivity contribution in [3.8, 4) is 33.8 Å². The number of anilines is 3. The molecule has 0 unspecified atom stereocenters. The molecule has 0 fully saturated rings. The van der Waals surface area contributed by atoms with Gasteiger partial charge in [-0.3, -0.25) is 0 Å². The zero-order valence-corrected chi connectivity index (χ0v) is 31.1. The van der Waals surface area contributed by atoms with Crippen molar-refractivity contribution >= 4 is 49.4 Å². The maximum Gasteiger partial charge on any atom is 0.140 e. The molecule has 10 aromatic carbocycles. The molecule has 1 spiro atoms. The molecule has 0 amide bonds. The van der Waals surface area contributed by atoms with E-state index in [2.05, 4.69) is 217 Å². The van der Waals surface area contributed by atoms with Gasteiger partial charge in [0.1, 0.15) is 11.5 Å². The highest BCUT2D eigenvalue weighted by molar-refractivity contribution is 6.05. The van der Waals surface area contributed by atoms with E-state index >= 15 is 0 Å². The molecule has 0 N–H and O–H groups in total. The predicted octanol–water partition coefficient (Wildman–Crippen LogP) is 14.8. The van der Waals surface area contributed by atoms with E-state index in [1.54, 1.807) is 0 Å². The van der Waals surface area contributed by atoms with Crippen LogP contribution in [0.4, 0.5) is 17.1 Å². The molecule has 0 atom stereocenters. The van der Waals surface area contributed by atoms with E-state index in [4.69, 9.17) is 4.74 Å². The summed E-state index contributed by atoms with van der Waals surface area (Å²) in [5.74, 6) is 1.85. The molecular formula is C55H35NO. The summed E-state index contributed by atoms with van der Waals surface area (Å²) in [6, 6.07) is 77.5. The third-order valence-electron chi connectivity index (χ3n) is 12.3. The van der Waals surface area contributed by atoms with Crippen LogP contribution in [0, 0.1) is 0 Å². The number of nitrogens with zero attached hydrogens (tertiary/aromatic N) is 1. The van der Waals surface area contributed by atoms with Crippen molar-refractivity contribution in [2.24, 2.45) is 0 Å². The lowest BCUT2D eigenvalue weighted by molar-refractivity contribution is 0.447. The number of rotatable bonds is 4. The summed E-state index contributed by atoms with van der Waals surface area (Å²) in [6.45, 7) is 0. The fourth-order valence-corrected chi connectivity index (χ4v) is 9.86. The van der Waals surface area contributed by atoms with E-state index in [1.807, 2.05) is 0 Å². The standard InChI is InChI=1S/C55H35NO/c1-2-14-36(15-3-1)37-28-32-41(33-29-37)56(50-26-12-19-38-16-4-7-20-42(38)50)51-27-13-25-47-52(51)45-23-10-11-24-46(45)55(47)48-34-30-39-17-5-8-21-43(39)53(48)57-54-44-22-9-6-18-40(44)31-35-49(54)55/h1-35H. The van der Waals surface area contributed by atoms with Gasteiger partial charge in [0.2, 0.25) is 0 Å². The lowest BCUT2D eigenvalue weighted by Crippen LogP contribution is -2.32. The van der Waals surface area contributed by atoms with Crippen LogP contribution in [0.15, 0.2) is 212 Å². The monoisotopic (exact) mass is 725 g/mol. The number of hydrogen-bond acceptors (Lipinski definition) is 2. The molecule has 12 rings (SSSR count). The van der Waals surface area contributed by atoms with Crippen LogP contribution in [0.3, 0.4) is 0 Å². The Labute approximate surface area is 331 Å². The van der Waals surface area contributed by atoms with Crippen LogP contribution in [0.25, 0.3) is 54.6 Å². The van der Waals surface area contributed by atoms with Crippen LogP contribution in [0.2, 0.25) is 0 Å². The number of hydrogen-bond donors (Lipinski definition) is 0. The fourth-order valence-electron chi connectivity index (χ4n) is 9.86. The molecule has 266 valence electrons. The van der Waals surface area contributed by atoms with Gasteiger partial charge in [-0.25, -0.2) is 0 Å². The first-order valence-corrected chi connectivity index (χ1v) is 19.7. The molecule has 0 saturated heterocycles. The van der Waals surface area contributed by atoms with E-state index < -0.39 is 5.41 Å². The SMILES string of the molecule is c1ccc(-c2ccc(N(c3cccc4c3-c3ccccc3C43c4ccc5ccccc5c4Oc4c3ccc3ccccc43)c3cccc4ccccc34)cc2)cc1. The van der Waals surface area contributed by atoms with E-state index in [9.17, 15) is 0 Å². The summed E-state index contributed by atoms with van der Waals surface area (Å²) < 4.78 is 7.22. The summed E-state index contributed by atoms with van der Waals surface area (Å²) in [6.07, 6.45) is 0. The van der Waals surface area contributed by atoms with Crippen LogP contribution in [-0.4, -0.2) is 0 Å². The molecular weight excluding hydrogens is 691 g/mol. The Morgan fingerprint density at radius 1 is 0.333 bits per heavy atom.